The molecule has 0 fully saturated rings. The van der Waals surface area contributed by atoms with Gasteiger partial charge in [0.05, 0.1) is 12.1 Å². The molecule has 3 nitrogen and oxygen atoms in total. The second-order valence-corrected chi connectivity index (χ2v) is 2.97. The summed E-state index contributed by atoms with van der Waals surface area (Å²) in [6.07, 6.45) is 1.06. The Labute approximate surface area is 72.4 Å². The summed E-state index contributed by atoms with van der Waals surface area (Å²) in [6.45, 7) is 3.85. The van der Waals surface area contributed by atoms with E-state index < -0.39 is 0 Å². The third kappa shape index (κ3) is 1.94. The van der Waals surface area contributed by atoms with E-state index >= 15 is 0 Å². The highest BCUT2D eigenvalue weighted by atomic mass is 16.1. The van der Waals surface area contributed by atoms with Crippen LogP contribution in [-0.2, 0) is 18.3 Å². The summed E-state index contributed by atoms with van der Waals surface area (Å²) in [7, 11) is 1.88. The van der Waals surface area contributed by atoms with Gasteiger partial charge in [-0.3, -0.25) is 9.48 Å². The van der Waals surface area contributed by atoms with Gasteiger partial charge in [0.15, 0.2) is 0 Å². The molecule has 0 bridgehead atoms. The topological polar surface area (TPSA) is 34.9 Å². The zero-order chi connectivity index (χ0) is 9.14. The lowest BCUT2D eigenvalue weighted by atomic mass is 10.2. The predicted molar refractivity (Wildman–Crippen MR) is 46.9 cm³/mol. The molecule has 0 saturated heterocycles. The van der Waals surface area contributed by atoms with Crippen molar-refractivity contribution >= 4 is 5.78 Å². The van der Waals surface area contributed by atoms with Gasteiger partial charge in [-0.15, -0.1) is 0 Å². The Hall–Kier alpha value is -1.12. The molecule has 0 aliphatic heterocycles. The molecule has 1 heterocycles. The van der Waals surface area contributed by atoms with Crippen molar-refractivity contribution in [2.24, 2.45) is 7.05 Å². The van der Waals surface area contributed by atoms with Crippen LogP contribution in [-0.4, -0.2) is 15.6 Å². The molecule has 0 saturated carbocycles. The number of hydrogen-bond acceptors (Lipinski definition) is 2. The molecular weight excluding hydrogens is 152 g/mol. The molecule has 12 heavy (non-hydrogen) atoms. The van der Waals surface area contributed by atoms with Crippen LogP contribution in [0.15, 0.2) is 6.07 Å². The van der Waals surface area contributed by atoms with Gasteiger partial charge >= 0.3 is 0 Å². The quantitative estimate of drug-likeness (QED) is 0.677. The zero-order valence-electron chi connectivity index (χ0n) is 7.79. The van der Waals surface area contributed by atoms with Crippen molar-refractivity contribution in [1.82, 2.24) is 9.78 Å². The number of carbonyl (C=O) groups is 1. The number of Topliss-reactive ketones (excluding diaryl/α,β-unsaturated/α-hetero) is 1. The summed E-state index contributed by atoms with van der Waals surface area (Å²) >= 11 is 0. The first-order valence-corrected chi connectivity index (χ1v) is 4.14. The molecule has 0 amide bonds. The van der Waals surface area contributed by atoms with Crippen LogP contribution >= 0.6 is 0 Å². The van der Waals surface area contributed by atoms with Crippen molar-refractivity contribution in [3.05, 3.63) is 17.5 Å². The molecule has 0 unspecified atom stereocenters. The molecule has 0 aliphatic rings. The largest absolute Gasteiger partial charge is 0.299 e. The fraction of sp³-hybridized carbons (Fsp3) is 0.556. The first-order chi connectivity index (χ1) is 5.63. The van der Waals surface area contributed by atoms with Gasteiger partial charge in [0.1, 0.15) is 5.78 Å². The highest BCUT2D eigenvalue weighted by molar-refractivity contribution is 5.80. The van der Waals surface area contributed by atoms with Gasteiger partial charge in [0, 0.05) is 19.2 Å². The minimum Gasteiger partial charge on any atom is -0.299 e. The lowest BCUT2D eigenvalue weighted by Gasteiger charge is -1.91. The molecule has 66 valence electrons. The predicted octanol–water partition coefficient (Wildman–Crippen LogP) is 1.25. The Morgan fingerprint density at radius 3 is 2.75 bits per heavy atom. The Balaban J connectivity index is 2.70. The highest BCUT2D eigenvalue weighted by Gasteiger charge is 2.05. The molecule has 1 aromatic rings. The summed E-state index contributed by atoms with van der Waals surface area (Å²) in [6, 6.07) is 1.95. The number of nitrogens with zero attached hydrogens (tertiary/aromatic N) is 2. The van der Waals surface area contributed by atoms with Crippen molar-refractivity contribution in [2.45, 2.75) is 26.7 Å². The van der Waals surface area contributed by atoms with Gasteiger partial charge in [-0.2, -0.15) is 5.10 Å². The number of aromatic nitrogens is 2. The lowest BCUT2D eigenvalue weighted by Crippen LogP contribution is -2.01. The van der Waals surface area contributed by atoms with Crippen LogP contribution < -0.4 is 0 Å². The molecule has 1 aromatic heterocycles. The van der Waals surface area contributed by atoms with Gasteiger partial charge in [0.2, 0.25) is 0 Å². The van der Waals surface area contributed by atoms with Crippen molar-refractivity contribution < 1.29 is 4.79 Å². The van der Waals surface area contributed by atoms with Crippen LogP contribution in [0.5, 0.6) is 0 Å². The van der Waals surface area contributed by atoms with Crippen molar-refractivity contribution in [3.63, 3.8) is 0 Å². The van der Waals surface area contributed by atoms with E-state index in [1.54, 1.807) is 4.68 Å². The van der Waals surface area contributed by atoms with Crippen LogP contribution in [0.3, 0.4) is 0 Å². The van der Waals surface area contributed by atoms with Crippen molar-refractivity contribution in [3.8, 4) is 0 Å². The number of ketones is 1. The minimum atomic E-state index is 0.244. The smallest absolute Gasteiger partial charge is 0.138 e. The van der Waals surface area contributed by atoms with E-state index in [0.717, 1.165) is 11.4 Å². The molecule has 0 atom stereocenters. The molecule has 0 spiro atoms. The van der Waals surface area contributed by atoms with E-state index in [1.807, 2.05) is 27.0 Å². The third-order valence-corrected chi connectivity index (χ3v) is 1.94. The maximum atomic E-state index is 11.1. The molecule has 0 radical (unpaired) electrons. The normalized spacial score (nSPS) is 10.2. The number of rotatable bonds is 3. The van der Waals surface area contributed by atoms with Crippen molar-refractivity contribution in [1.29, 1.82) is 0 Å². The van der Waals surface area contributed by atoms with Crippen LogP contribution in [0.1, 0.15) is 24.7 Å². The van der Waals surface area contributed by atoms with Gasteiger partial charge in [-0.25, -0.2) is 0 Å². The zero-order valence-corrected chi connectivity index (χ0v) is 7.79. The van der Waals surface area contributed by atoms with Gasteiger partial charge in [-0.1, -0.05) is 6.92 Å². The third-order valence-electron chi connectivity index (χ3n) is 1.94. The average molecular weight is 166 g/mol. The summed E-state index contributed by atoms with van der Waals surface area (Å²) in [5, 5.41) is 4.19. The SMILES string of the molecule is CCC(=O)Cc1cc(C)n(C)n1. The fourth-order valence-electron chi connectivity index (χ4n) is 1.05. The van der Waals surface area contributed by atoms with Gasteiger partial charge in [-0.05, 0) is 13.0 Å². The fourth-order valence-corrected chi connectivity index (χ4v) is 1.05. The Morgan fingerprint density at radius 1 is 1.67 bits per heavy atom. The molecule has 0 N–H and O–H groups in total. The van der Waals surface area contributed by atoms with E-state index in [1.165, 1.54) is 0 Å². The molecule has 1 rings (SSSR count). The molecule has 0 aromatic carbocycles. The summed E-state index contributed by atoms with van der Waals surface area (Å²) in [5.41, 5.74) is 1.97. The van der Waals surface area contributed by atoms with Crippen LogP contribution in [0.2, 0.25) is 0 Å². The maximum Gasteiger partial charge on any atom is 0.138 e. The van der Waals surface area contributed by atoms with Crippen LogP contribution in [0.4, 0.5) is 0 Å². The molecular formula is C9H14N2O. The number of aryl methyl sites for hydroxylation is 2. The Bertz CT molecular complexity index is 269. The van der Waals surface area contributed by atoms with E-state index in [2.05, 4.69) is 5.10 Å². The van der Waals surface area contributed by atoms with E-state index in [4.69, 9.17) is 0 Å². The monoisotopic (exact) mass is 166 g/mol. The second kappa shape index (κ2) is 3.52. The van der Waals surface area contributed by atoms with E-state index in [0.29, 0.717) is 12.8 Å². The summed E-state index contributed by atoms with van der Waals surface area (Å²) in [4.78, 5) is 11.1. The molecule has 0 aliphatic carbocycles. The Kier molecular flexibility index (Phi) is 2.63. The lowest BCUT2D eigenvalue weighted by molar-refractivity contribution is -0.118. The first kappa shape index (κ1) is 8.97. The standard InChI is InChI=1S/C9H14N2O/c1-4-9(12)6-8-5-7(2)11(3)10-8/h5H,4,6H2,1-3H3. The summed E-state index contributed by atoms with van der Waals surface area (Å²) in [5.74, 6) is 0.244. The van der Waals surface area contributed by atoms with Crippen LogP contribution in [0, 0.1) is 6.92 Å². The average Bonchev–Trinajstić information content (AvgIpc) is 2.31. The van der Waals surface area contributed by atoms with Gasteiger partial charge in [0.25, 0.3) is 0 Å². The van der Waals surface area contributed by atoms with Gasteiger partial charge < -0.3 is 0 Å². The number of hydrogen-bond donors (Lipinski definition) is 0. The maximum absolute atomic E-state index is 11.1. The molecule has 3 heteroatoms. The van der Waals surface area contributed by atoms with E-state index in [-0.39, 0.29) is 5.78 Å². The second-order valence-electron chi connectivity index (χ2n) is 2.97. The summed E-state index contributed by atoms with van der Waals surface area (Å²) < 4.78 is 1.79. The van der Waals surface area contributed by atoms with Crippen LogP contribution in [0.25, 0.3) is 0 Å². The van der Waals surface area contributed by atoms with E-state index in [9.17, 15) is 4.79 Å². The number of carbonyl (C=O) groups excluding carboxylic acids is 1. The minimum absolute atomic E-state index is 0.244. The highest BCUT2D eigenvalue weighted by Crippen LogP contribution is 2.03. The Morgan fingerprint density at radius 2 is 2.33 bits per heavy atom. The first-order valence-electron chi connectivity index (χ1n) is 4.14. The van der Waals surface area contributed by atoms with Crippen molar-refractivity contribution in [2.75, 3.05) is 0 Å².